The van der Waals surface area contributed by atoms with E-state index in [1.807, 2.05) is 42.6 Å². The van der Waals surface area contributed by atoms with Crippen molar-refractivity contribution in [2.45, 2.75) is 6.92 Å². The van der Waals surface area contributed by atoms with E-state index in [2.05, 4.69) is 10.1 Å². The number of methoxy groups -OCH3 is 1. The van der Waals surface area contributed by atoms with Gasteiger partial charge < -0.3 is 14.3 Å². The fourth-order valence-corrected chi connectivity index (χ4v) is 3.70. The molecule has 0 atom stereocenters. The Bertz CT molecular complexity index is 1180. The molecule has 2 aromatic heterocycles. The molecular weight excluding hydrogens is 374 g/mol. The van der Waals surface area contributed by atoms with Crippen LogP contribution in [0.5, 0.6) is 11.5 Å². The molecule has 0 saturated heterocycles. The van der Waals surface area contributed by atoms with Gasteiger partial charge in [0.1, 0.15) is 22.8 Å². The predicted molar refractivity (Wildman–Crippen MR) is 111 cm³/mol. The summed E-state index contributed by atoms with van der Waals surface area (Å²) in [6, 6.07) is 14.9. The third-order valence-corrected chi connectivity index (χ3v) is 5.06. The van der Waals surface area contributed by atoms with E-state index in [0.29, 0.717) is 23.6 Å². The molecule has 2 heterocycles. The highest BCUT2D eigenvalue weighted by Crippen LogP contribution is 2.28. The molecule has 0 unspecified atom stereocenters. The number of aromatic nitrogens is 1. The molecule has 0 aliphatic rings. The van der Waals surface area contributed by atoms with Crippen LogP contribution < -0.4 is 9.54 Å². The van der Waals surface area contributed by atoms with Gasteiger partial charge in [0.05, 0.1) is 13.3 Å². The highest BCUT2D eigenvalue weighted by atomic mass is 32.1. The van der Waals surface area contributed by atoms with E-state index >= 15 is 0 Å². The summed E-state index contributed by atoms with van der Waals surface area (Å²) in [7, 11) is 1.58. The number of phenolic OH excluding ortho intramolecular Hbond substituents is 1. The SMILES string of the molecule is CCN=c1scc(-c2cc3ccccc3o2)n1N=Cc1cc(OC)ccc1O. The van der Waals surface area contributed by atoms with Crippen LogP contribution in [0.3, 0.4) is 0 Å². The number of thiazole rings is 1. The van der Waals surface area contributed by atoms with Crippen molar-refractivity contribution in [2.75, 3.05) is 13.7 Å². The van der Waals surface area contributed by atoms with Crippen LogP contribution in [-0.2, 0) is 0 Å². The Hall–Kier alpha value is -3.32. The fourth-order valence-electron chi connectivity index (χ4n) is 2.82. The fraction of sp³-hybridized carbons (Fsp3) is 0.143. The monoisotopic (exact) mass is 393 g/mol. The minimum atomic E-state index is 0.125. The molecule has 0 fully saturated rings. The molecule has 0 bridgehead atoms. The Labute approximate surface area is 165 Å². The highest BCUT2D eigenvalue weighted by molar-refractivity contribution is 7.07. The molecule has 4 aromatic rings. The van der Waals surface area contributed by atoms with Crippen molar-refractivity contribution in [3.8, 4) is 23.0 Å². The summed E-state index contributed by atoms with van der Waals surface area (Å²) in [6.45, 7) is 2.61. The summed E-state index contributed by atoms with van der Waals surface area (Å²) >= 11 is 1.49. The smallest absolute Gasteiger partial charge is 0.206 e. The number of benzene rings is 2. The molecule has 7 heteroatoms. The van der Waals surface area contributed by atoms with E-state index in [-0.39, 0.29) is 5.75 Å². The zero-order valence-electron chi connectivity index (χ0n) is 15.5. The van der Waals surface area contributed by atoms with Crippen molar-refractivity contribution < 1.29 is 14.3 Å². The summed E-state index contributed by atoms with van der Waals surface area (Å²) in [5.74, 6) is 1.48. The topological polar surface area (TPSA) is 72.2 Å². The zero-order chi connectivity index (χ0) is 19.5. The quantitative estimate of drug-likeness (QED) is 0.508. The first-order chi connectivity index (χ1) is 13.7. The van der Waals surface area contributed by atoms with Gasteiger partial charge in [-0.15, -0.1) is 11.3 Å². The van der Waals surface area contributed by atoms with Gasteiger partial charge in [-0.05, 0) is 37.3 Å². The summed E-state index contributed by atoms with van der Waals surface area (Å²) in [5.41, 5.74) is 2.17. The van der Waals surface area contributed by atoms with Crippen LogP contribution in [0.4, 0.5) is 0 Å². The van der Waals surface area contributed by atoms with Crippen LogP contribution in [0.25, 0.3) is 22.4 Å². The van der Waals surface area contributed by atoms with Gasteiger partial charge in [0, 0.05) is 22.9 Å². The number of furan rings is 1. The summed E-state index contributed by atoms with van der Waals surface area (Å²) in [5, 5.41) is 17.7. The molecule has 0 aliphatic carbocycles. The zero-order valence-corrected chi connectivity index (χ0v) is 16.3. The largest absolute Gasteiger partial charge is 0.507 e. The molecule has 0 radical (unpaired) electrons. The Morgan fingerprint density at radius 3 is 2.86 bits per heavy atom. The second kappa shape index (κ2) is 7.74. The van der Waals surface area contributed by atoms with E-state index in [4.69, 9.17) is 9.15 Å². The van der Waals surface area contributed by atoms with Gasteiger partial charge >= 0.3 is 0 Å². The van der Waals surface area contributed by atoms with Crippen molar-refractivity contribution in [1.29, 1.82) is 0 Å². The molecular formula is C21H19N3O3S. The van der Waals surface area contributed by atoms with Crippen molar-refractivity contribution in [2.24, 2.45) is 10.1 Å². The first-order valence-corrected chi connectivity index (χ1v) is 9.69. The molecule has 0 aliphatic heterocycles. The van der Waals surface area contributed by atoms with Crippen LogP contribution >= 0.6 is 11.3 Å². The maximum absolute atomic E-state index is 10.1. The predicted octanol–water partition coefficient (Wildman–Crippen LogP) is 4.48. The average molecular weight is 393 g/mol. The number of nitrogens with zero attached hydrogens (tertiary/aromatic N) is 3. The van der Waals surface area contributed by atoms with E-state index in [0.717, 1.165) is 21.5 Å². The van der Waals surface area contributed by atoms with Gasteiger partial charge in [0.2, 0.25) is 4.80 Å². The standard InChI is InChI=1S/C21H19N3O3S/c1-3-22-21-24(23-12-15-10-16(26-2)8-9-18(15)25)17(13-28-21)20-11-14-6-4-5-7-19(14)27-20/h4-13,25H,3H2,1-2H3. The summed E-state index contributed by atoms with van der Waals surface area (Å²) < 4.78 is 13.0. The third kappa shape index (κ3) is 3.44. The number of ether oxygens (including phenoxy) is 1. The van der Waals surface area contributed by atoms with E-state index in [1.54, 1.807) is 36.2 Å². The van der Waals surface area contributed by atoms with Crippen LogP contribution in [-0.4, -0.2) is 29.7 Å². The number of para-hydroxylation sites is 1. The van der Waals surface area contributed by atoms with Crippen molar-refractivity contribution in [3.05, 3.63) is 64.3 Å². The third-order valence-electron chi connectivity index (χ3n) is 4.20. The van der Waals surface area contributed by atoms with Gasteiger partial charge in [-0.25, -0.2) is 4.68 Å². The molecule has 0 saturated carbocycles. The molecule has 0 spiro atoms. The van der Waals surface area contributed by atoms with E-state index in [1.165, 1.54) is 11.3 Å². The molecule has 28 heavy (non-hydrogen) atoms. The average Bonchev–Trinajstić information content (AvgIpc) is 3.31. The molecule has 2 aromatic carbocycles. The summed E-state index contributed by atoms with van der Waals surface area (Å²) in [4.78, 5) is 5.26. The normalized spacial score (nSPS) is 12.3. The molecule has 0 amide bonds. The van der Waals surface area contributed by atoms with Crippen LogP contribution in [0.1, 0.15) is 12.5 Å². The lowest BCUT2D eigenvalue weighted by atomic mass is 10.2. The second-order valence-corrected chi connectivity index (χ2v) is 6.84. The maximum atomic E-state index is 10.1. The lowest BCUT2D eigenvalue weighted by Crippen LogP contribution is -2.12. The number of phenols is 1. The number of rotatable bonds is 5. The van der Waals surface area contributed by atoms with E-state index in [9.17, 15) is 5.11 Å². The van der Waals surface area contributed by atoms with Gasteiger partial charge in [0.15, 0.2) is 5.76 Å². The van der Waals surface area contributed by atoms with Gasteiger partial charge in [-0.2, -0.15) is 5.10 Å². The first-order valence-electron chi connectivity index (χ1n) is 8.81. The number of hydrogen-bond acceptors (Lipinski definition) is 6. The lowest BCUT2D eigenvalue weighted by Gasteiger charge is -2.04. The van der Waals surface area contributed by atoms with Crippen molar-refractivity contribution in [1.82, 2.24) is 4.68 Å². The van der Waals surface area contributed by atoms with Crippen molar-refractivity contribution >= 4 is 28.5 Å². The Kier molecular flexibility index (Phi) is 4.99. The first kappa shape index (κ1) is 18.1. The van der Waals surface area contributed by atoms with Crippen LogP contribution in [0, 0.1) is 0 Å². The Morgan fingerprint density at radius 2 is 2.07 bits per heavy atom. The van der Waals surface area contributed by atoms with E-state index < -0.39 is 0 Å². The highest BCUT2D eigenvalue weighted by Gasteiger charge is 2.13. The molecule has 6 nitrogen and oxygen atoms in total. The van der Waals surface area contributed by atoms with Gasteiger partial charge in [-0.1, -0.05) is 18.2 Å². The van der Waals surface area contributed by atoms with Gasteiger partial charge in [0.25, 0.3) is 0 Å². The Morgan fingerprint density at radius 1 is 1.21 bits per heavy atom. The molecule has 4 rings (SSSR count). The lowest BCUT2D eigenvalue weighted by molar-refractivity contribution is 0.412. The summed E-state index contributed by atoms with van der Waals surface area (Å²) in [6.07, 6.45) is 1.59. The number of fused-ring (bicyclic) bond motifs is 1. The molecule has 1 N–H and O–H groups in total. The minimum absolute atomic E-state index is 0.125. The number of aromatic hydroxyl groups is 1. The van der Waals surface area contributed by atoms with Crippen LogP contribution in [0.2, 0.25) is 0 Å². The maximum Gasteiger partial charge on any atom is 0.206 e. The second-order valence-electron chi connectivity index (χ2n) is 6.01. The molecule has 142 valence electrons. The van der Waals surface area contributed by atoms with Gasteiger partial charge in [-0.3, -0.25) is 4.99 Å². The number of hydrogen-bond donors (Lipinski definition) is 1. The minimum Gasteiger partial charge on any atom is -0.507 e. The van der Waals surface area contributed by atoms with Crippen LogP contribution in [0.15, 0.2) is 68.4 Å². The Balaban J connectivity index is 1.82. The van der Waals surface area contributed by atoms with Crippen molar-refractivity contribution in [3.63, 3.8) is 0 Å².